The Morgan fingerprint density at radius 2 is 2.00 bits per heavy atom. The van der Waals surface area contributed by atoms with Crippen LogP contribution in [-0.4, -0.2) is 37.3 Å². The molecule has 1 saturated carbocycles. The number of ketones is 1. The molecule has 4 atom stereocenters. The second-order valence-corrected chi connectivity index (χ2v) is 6.41. The Balaban J connectivity index is 1.85. The largest absolute Gasteiger partial charge is 0.372 e. The summed E-state index contributed by atoms with van der Waals surface area (Å²) in [7, 11) is 3.19. The average Bonchev–Trinajstić information content (AvgIpc) is 2.64. The SMILES string of the molecule is C=CC[C@@]1(OC)C(=O)[C@H]2C=C[C@]1(OC)C[C@@H]2OCc1ccccc1. The van der Waals surface area contributed by atoms with Crippen molar-refractivity contribution in [2.24, 2.45) is 5.92 Å². The van der Waals surface area contributed by atoms with E-state index in [0.717, 1.165) is 5.56 Å². The van der Waals surface area contributed by atoms with Gasteiger partial charge in [-0.15, -0.1) is 6.58 Å². The Morgan fingerprint density at radius 3 is 2.62 bits per heavy atom. The average molecular weight is 328 g/mol. The van der Waals surface area contributed by atoms with E-state index in [1.165, 1.54) is 0 Å². The quantitative estimate of drug-likeness (QED) is 0.722. The van der Waals surface area contributed by atoms with Crippen LogP contribution in [-0.2, 0) is 25.6 Å². The van der Waals surface area contributed by atoms with Crippen LogP contribution in [0.1, 0.15) is 18.4 Å². The molecule has 1 aromatic carbocycles. The van der Waals surface area contributed by atoms with Crippen LogP contribution in [0.3, 0.4) is 0 Å². The van der Waals surface area contributed by atoms with Crippen molar-refractivity contribution in [3.8, 4) is 0 Å². The molecule has 1 aromatic rings. The highest BCUT2D eigenvalue weighted by Gasteiger charge is 2.65. The third-order valence-electron chi connectivity index (χ3n) is 5.31. The number of rotatable bonds is 7. The standard InChI is InChI=1S/C20H24O4/c1-4-11-20(23-3)18(21)16-10-12-19(20,22-2)13-17(16)24-14-15-8-6-5-7-9-15/h4-10,12,16-17H,1,11,13-14H2,2-3H3/t16-,17-,19-,20+/m0/s1. The first-order valence-corrected chi connectivity index (χ1v) is 8.23. The topological polar surface area (TPSA) is 44.8 Å². The van der Waals surface area contributed by atoms with Gasteiger partial charge in [-0.2, -0.15) is 0 Å². The number of ether oxygens (including phenoxy) is 3. The molecule has 128 valence electrons. The summed E-state index contributed by atoms with van der Waals surface area (Å²) < 4.78 is 17.6. The molecular formula is C20H24O4. The molecule has 0 amide bonds. The van der Waals surface area contributed by atoms with Gasteiger partial charge in [-0.1, -0.05) is 48.6 Å². The fourth-order valence-corrected chi connectivity index (χ4v) is 4.00. The molecular weight excluding hydrogens is 304 g/mol. The minimum atomic E-state index is -1.02. The maximum absolute atomic E-state index is 13.1. The van der Waals surface area contributed by atoms with Gasteiger partial charge in [-0.3, -0.25) is 4.79 Å². The minimum absolute atomic E-state index is 0.0126. The molecule has 0 saturated heterocycles. The first kappa shape index (κ1) is 17.1. The van der Waals surface area contributed by atoms with Crippen molar-refractivity contribution in [1.29, 1.82) is 0 Å². The molecule has 4 nitrogen and oxygen atoms in total. The van der Waals surface area contributed by atoms with Crippen molar-refractivity contribution >= 4 is 5.78 Å². The lowest BCUT2D eigenvalue weighted by Crippen LogP contribution is -2.70. The van der Waals surface area contributed by atoms with Gasteiger partial charge in [0, 0.05) is 27.1 Å². The number of hydrogen-bond acceptors (Lipinski definition) is 4. The van der Waals surface area contributed by atoms with Gasteiger partial charge < -0.3 is 14.2 Å². The van der Waals surface area contributed by atoms with Crippen LogP contribution < -0.4 is 0 Å². The molecule has 0 aliphatic heterocycles. The van der Waals surface area contributed by atoms with Gasteiger partial charge in [-0.25, -0.2) is 0 Å². The lowest BCUT2D eigenvalue weighted by atomic mass is 9.59. The number of Topliss-reactive ketones (excluding diaryl/α,β-unsaturated/α-hetero) is 1. The molecule has 1 fully saturated rings. The van der Waals surface area contributed by atoms with E-state index in [1.54, 1.807) is 20.3 Å². The molecule has 3 aliphatic carbocycles. The highest BCUT2D eigenvalue weighted by atomic mass is 16.6. The summed E-state index contributed by atoms with van der Waals surface area (Å²) in [5.74, 6) is -0.302. The molecule has 0 N–H and O–H groups in total. The van der Waals surface area contributed by atoms with E-state index in [9.17, 15) is 4.79 Å². The van der Waals surface area contributed by atoms with E-state index in [-0.39, 0.29) is 17.8 Å². The number of benzene rings is 1. The predicted molar refractivity (Wildman–Crippen MR) is 91.6 cm³/mol. The van der Waals surface area contributed by atoms with Gasteiger partial charge in [0.1, 0.15) is 5.60 Å². The Kier molecular flexibility index (Phi) is 4.72. The zero-order valence-corrected chi connectivity index (χ0v) is 14.2. The van der Waals surface area contributed by atoms with E-state index in [0.29, 0.717) is 19.4 Å². The maximum Gasteiger partial charge on any atom is 0.177 e. The third-order valence-corrected chi connectivity index (χ3v) is 5.31. The van der Waals surface area contributed by atoms with Gasteiger partial charge in [0.15, 0.2) is 11.4 Å². The molecule has 0 unspecified atom stereocenters. The zero-order chi connectivity index (χ0) is 17.2. The molecule has 4 heteroatoms. The van der Waals surface area contributed by atoms with Crippen LogP contribution in [0.25, 0.3) is 0 Å². The molecule has 24 heavy (non-hydrogen) atoms. The summed E-state index contributed by atoms with van der Waals surface area (Å²) in [5, 5.41) is 0. The molecule has 3 aliphatic rings. The minimum Gasteiger partial charge on any atom is -0.372 e. The van der Waals surface area contributed by atoms with Crippen molar-refractivity contribution in [3.63, 3.8) is 0 Å². The Morgan fingerprint density at radius 1 is 1.25 bits per heavy atom. The first-order chi connectivity index (χ1) is 11.6. The molecule has 0 radical (unpaired) electrons. The number of carbonyl (C=O) groups excluding carboxylic acids is 1. The normalized spacial score (nSPS) is 34.5. The van der Waals surface area contributed by atoms with Crippen LogP contribution in [0.2, 0.25) is 0 Å². The predicted octanol–water partition coefficient (Wildman–Crippen LogP) is 3.08. The summed E-state index contributed by atoms with van der Waals surface area (Å²) in [5.41, 5.74) is -0.746. The molecule has 2 bridgehead atoms. The van der Waals surface area contributed by atoms with Crippen LogP contribution >= 0.6 is 0 Å². The second-order valence-electron chi connectivity index (χ2n) is 6.41. The van der Waals surface area contributed by atoms with E-state index >= 15 is 0 Å². The first-order valence-electron chi connectivity index (χ1n) is 8.23. The summed E-state index contributed by atoms with van der Waals surface area (Å²) in [4.78, 5) is 13.1. The van der Waals surface area contributed by atoms with E-state index in [4.69, 9.17) is 14.2 Å². The second kappa shape index (κ2) is 6.63. The fourth-order valence-electron chi connectivity index (χ4n) is 4.00. The van der Waals surface area contributed by atoms with Crippen LogP contribution in [0, 0.1) is 5.92 Å². The van der Waals surface area contributed by atoms with Gasteiger partial charge >= 0.3 is 0 Å². The summed E-state index contributed by atoms with van der Waals surface area (Å²) in [6.45, 7) is 4.26. The molecule has 0 heterocycles. The zero-order valence-electron chi connectivity index (χ0n) is 14.2. The molecule has 0 aromatic heterocycles. The van der Waals surface area contributed by atoms with Crippen LogP contribution in [0.4, 0.5) is 0 Å². The smallest absolute Gasteiger partial charge is 0.177 e. The Hall–Kier alpha value is -1.75. The lowest BCUT2D eigenvalue weighted by Gasteiger charge is -2.55. The highest BCUT2D eigenvalue weighted by molar-refractivity contribution is 5.96. The van der Waals surface area contributed by atoms with Gasteiger partial charge in [0.25, 0.3) is 0 Å². The van der Waals surface area contributed by atoms with Crippen molar-refractivity contribution in [2.45, 2.75) is 36.8 Å². The Labute approximate surface area is 143 Å². The fraction of sp³-hybridized carbons (Fsp3) is 0.450. The van der Waals surface area contributed by atoms with Crippen molar-refractivity contribution in [2.75, 3.05) is 14.2 Å². The summed E-state index contributed by atoms with van der Waals surface area (Å²) in [6.07, 6.45) is 6.39. The maximum atomic E-state index is 13.1. The van der Waals surface area contributed by atoms with Crippen LogP contribution in [0.5, 0.6) is 0 Å². The third kappa shape index (κ3) is 2.46. The highest BCUT2D eigenvalue weighted by Crippen LogP contribution is 2.50. The van der Waals surface area contributed by atoms with Crippen molar-refractivity contribution < 1.29 is 19.0 Å². The van der Waals surface area contributed by atoms with E-state index in [2.05, 4.69) is 6.58 Å². The number of hydrogen-bond donors (Lipinski definition) is 0. The van der Waals surface area contributed by atoms with Crippen LogP contribution in [0.15, 0.2) is 55.1 Å². The number of carbonyl (C=O) groups is 1. The van der Waals surface area contributed by atoms with E-state index < -0.39 is 11.2 Å². The summed E-state index contributed by atoms with van der Waals surface area (Å²) in [6, 6.07) is 9.96. The van der Waals surface area contributed by atoms with Gasteiger partial charge in [0.2, 0.25) is 0 Å². The molecule has 4 rings (SSSR count). The van der Waals surface area contributed by atoms with E-state index in [1.807, 2.05) is 42.5 Å². The van der Waals surface area contributed by atoms with Crippen molar-refractivity contribution in [3.05, 3.63) is 60.7 Å². The Bertz CT molecular complexity index is 638. The monoisotopic (exact) mass is 328 g/mol. The van der Waals surface area contributed by atoms with Gasteiger partial charge in [0.05, 0.1) is 18.6 Å². The number of fused-ring (bicyclic) bond motifs is 2. The van der Waals surface area contributed by atoms with Gasteiger partial charge in [-0.05, 0) is 5.56 Å². The molecule has 0 spiro atoms. The summed E-state index contributed by atoms with van der Waals surface area (Å²) >= 11 is 0. The van der Waals surface area contributed by atoms with Crippen molar-refractivity contribution in [1.82, 2.24) is 0 Å². The lowest BCUT2D eigenvalue weighted by molar-refractivity contribution is -0.214. The number of methoxy groups -OCH3 is 2.